The largest absolute Gasteiger partial charge is 0.485 e. The molecule has 1 aromatic carbocycles. The molecule has 1 unspecified atom stereocenters. The van der Waals surface area contributed by atoms with Crippen molar-refractivity contribution in [3.8, 4) is 11.5 Å². The van der Waals surface area contributed by atoms with Crippen LogP contribution in [-0.4, -0.2) is 12.7 Å². The van der Waals surface area contributed by atoms with Gasteiger partial charge in [-0.3, -0.25) is 0 Å². The molecule has 1 radical (unpaired) electrons. The number of rotatable bonds is 0. The molecular weight excluding hydrogens is 140 g/mol. The van der Waals surface area contributed by atoms with Gasteiger partial charge in [0, 0.05) is 6.07 Å². The van der Waals surface area contributed by atoms with Crippen LogP contribution in [0.5, 0.6) is 11.5 Å². The van der Waals surface area contributed by atoms with Crippen molar-refractivity contribution in [1.82, 2.24) is 0 Å². The molecule has 1 aromatic rings. The van der Waals surface area contributed by atoms with E-state index >= 15 is 0 Å². The van der Waals surface area contributed by atoms with Gasteiger partial charge < -0.3 is 9.47 Å². The number of hydrogen-bond donors (Lipinski definition) is 0. The van der Waals surface area contributed by atoms with Crippen LogP contribution in [-0.2, 0) is 0 Å². The van der Waals surface area contributed by atoms with Crippen LogP contribution < -0.4 is 9.47 Å². The zero-order valence-electron chi connectivity index (χ0n) is 6.33. The van der Waals surface area contributed by atoms with E-state index in [1.165, 1.54) is 0 Å². The summed E-state index contributed by atoms with van der Waals surface area (Å²) in [4.78, 5) is 0. The average Bonchev–Trinajstić information content (AvgIpc) is 2.04. The van der Waals surface area contributed by atoms with Crippen LogP contribution in [0.4, 0.5) is 0 Å². The molecule has 2 heteroatoms. The Hall–Kier alpha value is -1.18. The van der Waals surface area contributed by atoms with Crippen molar-refractivity contribution in [1.29, 1.82) is 0 Å². The van der Waals surface area contributed by atoms with Gasteiger partial charge in [0.1, 0.15) is 12.7 Å². The first-order valence-corrected chi connectivity index (χ1v) is 3.66. The summed E-state index contributed by atoms with van der Waals surface area (Å²) in [5, 5.41) is 0. The fourth-order valence-electron chi connectivity index (χ4n) is 1.06. The maximum absolute atomic E-state index is 5.48. The average molecular weight is 149 g/mol. The first-order valence-electron chi connectivity index (χ1n) is 3.66. The number of fused-ring (bicyclic) bond motifs is 1. The summed E-state index contributed by atoms with van der Waals surface area (Å²) in [5.74, 6) is 1.52. The molecule has 0 bridgehead atoms. The molecule has 0 aromatic heterocycles. The highest BCUT2D eigenvalue weighted by molar-refractivity contribution is 5.39. The van der Waals surface area contributed by atoms with E-state index in [2.05, 4.69) is 6.07 Å². The summed E-state index contributed by atoms with van der Waals surface area (Å²) >= 11 is 0. The Kier molecular flexibility index (Phi) is 1.46. The summed E-state index contributed by atoms with van der Waals surface area (Å²) in [5.41, 5.74) is 0. The molecule has 0 N–H and O–H groups in total. The Bertz CT molecular complexity index is 257. The third kappa shape index (κ3) is 1.16. The van der Waals surface area contributed by atoms with E-state index in [0.717, 1.165) is 11.5 Å². The fourth-order valence-corrected chi connectivity index (χ4v) is 1.06. The highest BCUT2D eigenvalue weighted by Crippen LogP contribution is 2.29. The van der Waals surface area contributed by atoms with E-state index in [4.69, 9.17) is 9.47 Å². The maximum Gasteiger partial charge on any atom is 0.169 e. The van der Waals surface area contributed by atoms with E-state index < -0.39 is 0 Å². The van der Waals surface area contributed by atoms with Crippen molar-refractivity contribution in [2.24, 2.45) is 0 Å². The highest BCUT2D eigenvalue weighted by atomic mass is 16.6. The summed E-state index contributed by atoms with van der Waals surface area (Å²) in [6.45, 7) is 2.60. The third-order valence-corrected chi connectivity index (χ3v) is 1.57. The van der Waals surface area contributed by atoms with E-state index in [9.17, 15) is 0 Å². The molecule has 0 spiro atoms. The normalized spacial score (nSPS) is 21.4. The van der Waals surface area contributed by atoms with Gasteiger partial charge in [-0.15, -0.1) is 0 Å². The molecule has 2 rings (SSSR count). The number of ether oxygens (including phenoxy) is 2. The molecule has 0 saturated heterocycles. The quantitative estimate of drug-likeness (QED) is 0.558. The second-order valence-electron chi connectivity index (χ2n) is 2.60. The standard InChI is InChI=1S/C9H9O2/c1-7-6-10-8-4-2-3-5-9(8)11-7/h2-3,5,7H,6H2,1H3. The Labute approximate surface area is 65.7 Å². The maximum atomic E-state index is 5.48. The molecule has 0 amide bonds. The minimum absolute atomic E-state index is 0.151. The van der Waals surface area contributed by atoms with Gasteiger partial charge in [0.25, 0.3) is 0 Å². The van der Waals surface area contributed by atoms with Crippen molar-refractivity contribution >= 4 is 0 Å². The van der Waals surface area contributed by atoms with Crippen molar-refractivity contribution in [3.05, 3.63) is 24.3 Å². The van der Waals surface area contributed by atoms with E-state index in [-0.39, 0.29) is 6.10 Å². The second kappa shape index (κ2) is 2.46. The van der Waals surface area contributed by atoms with Gasteiger partial charge in [-0.2, -0.15) is 0 Å². The van der Waals surface area contributed by atoms with E-state index in [0.29, 0.717) is 6.61 Å². The van der Waals surface area contributed by atoms with Gasteiger partial charge in [0.15, 0.2) is 11.5 Å². The molecule has 1 heterocycles. The van der Waals surface area contributed by atoms with E-state index in [1.807, 2.05) is 25.1 Å². The topological polar surface area (TPSA) is 18.5 Å². The van der Waals surface area contributed by atoms with Gasteiger partial charge in [0.2, 0.25) is 0 Å². The summed E-state index contributed by atoms with van der Waals surface area (Å²) in [6, 6.07) is 8.56. The highest BCUT2D eigenvalue weighted by Gasteiger charge is 2.15. The molecule has 1 aliphatic rings. The molecular formula is C9H9O2. The molecule has 1 atom stereocenters. The molecule has 11 heavy (non-hydrogen) atoms. The van der Waals surface area contributed by atoms with Crippen LogP contribution in [0.15, 0.2) is 18.2 Å². The van der Waals surface area contributed by atoms with Gasteiger partial charge in [-0.1, -0.05) is 12.1 Å². The zero-order chi connectivity index (χ0) is 7.68. The zero-order valence-corrected chi connectivity index (χ0v) is 6.33. The minimum atomic E-state index is 0.151. The van der Waals surface area contributed by atoms with Crippen LogP contribution in [0, 0.1) is 6.07 Å². The first-order chi connectivity index (χ1) is 5.36. The van der Waals surface area contributed by atoms with Crippen LogP contribution in [0.25, 0.3) is 0 Å². The monoisotopic (exact) mass is 149 g/mol. The summed E-state index contributed by atoms with van der Waals surface area (Å²) < 4.78 is 10.8. The third-order valence-electron chi connectivity index (χ3n) is 1.57. The van der Waals surface area contributed by atoms with Crippen molar-refractivity contribution in [2.45, 2.75) is 13.0 Å². The van der Waals surface area contributed by atoms with Crippen molar-refractivity contribution in [2.75, 3.05) is 6.61 Å². The fraction of sp³-hybridized carbons (Fsp3) is 0.333. The number of hydrogen-bond acceptors (Lipinski definition) is 2. The summed E-state index contributed by atoms with van der Waals surface area (Å²) in [6.07, 6.45) is 0.151. The molecule has 0 saturated carbocycles. The lowest BCUT2D eigenvalue weighted by Gasteiger charge is -2.23. The van der Waals surface area contributed by atoms with Gasteiger partial charge >= 0.3 is 0 Å². The van der Waals surface area contributed by atoms with Crippen molar-refractivity contribution in [3.63, 3.8) is 0 Å². The number of para-hydroxylation sites is 1. The molecule has 0 aliphatic carbocycles. The molecule has 0 fully saturated rings. The Balaban J connectivity index is 2.34. The van der Waals surface area contributed by atoms with Gasteiger partial charge in [-0.05, 0) is 13.0 Å². The SMILES string of the molecule is CC1COc2[c]cccc2O1. The molecule has 57 valence electrons. The Morgan fingerprint density at radius 3 is 3.45 bits per heavy atom. The smallest absolute Gasteiger partial charge is 0.169 e. The second-order valence-corrected chi connectivity index (χ2v) is 2.60. The van der Waals surface area contributed by atoms with Gasteiger partial charge in [0.05, 0.1) is 0 Å². The predicted molar refractivity (Wildman–Crippen MR) is 40.9 cm³/mol. The number of benzene rings is 1. The lowest BCUT2D eigenvalue weighted by Crippen LogP contribution is -2.25. The van der Waals surface area contributed by atoms with Crippen LogP contribution >= 0.6 is 0 Å². The first kappa shape index (κ1) is 6.53. The molecule has 1 aliphatic heterocycles. The van der Waals surface area contributed by atoms with Gasteiger partial charge in [-0.25, -0.2) is 0 Å². The van der Waals surface area contributed by atoms with Crippen molar-refractivity contribution < 1.29 is 9.47 Å². The lowest BCUT2D eigenvalue weighted by molar-refractivity contribution is 0.104. The van der Waals surface area contributed by atoms with E-state index in [1.54, 1.807) is 0 Å². The minimum Gasteiger partial charge on any atom is -0.485 e. The predicted octanol–water partition coefficient (Wildman–Crippen LogP) is 1.65. The lowest BCUT2D eigenvalue weighted by atomic mass is 10.3. The van der Waals surface area contributed by atoms with Crippen LogP contribution in [0.2, 0.25) is 0 Å². The Morgan fingerprint density at radius 1 is 1.64 bits per heavy atom. The van der Waals surface area contributed by atoms with Crippen LogP contribution in [0.3, 0.4) is 0 Å². The molecule has 2 nitrogen and oxygen atoms in total. The van der Waals surface area contributed by atoms with Crippen LogP contribution in [0.1, 0.15) is 6.92 Å². The Morgan fingerprint density at radius 2 is 2.55 bits per heavy atom. The summed E-state index contributed by atoms with van der Waals surface area (Å²) in [7, 11) is 0.